The van der Waals surface area contributed by atoms with Crippen molar-refractivity contribution in [1.82, 2.24) is 0 Å². The van der Waals surface area contributed by atoms with E-state index >= 15 is 0 Å². The highest BCUT2D eigenvalue weighted by molar-refractivity contribution is 5.88. The van der Waals surface area contributed by atoms with E-state index in [2.05, 4.69) is 59.2 Å². The molecule has 0 saturated carbocycles. The van der Waals surface area contributed by atoms with Gasteiger partial charge in [-0.25, -0.2) is 4.79 Å². The lowest BCUT2D eigenvalue weighted by molar-refractivity contribution is -0.910. The SMILES string of the molecule is CCCCCCCC/C=C/CCCCCCCCOCC(C[N+](C)(C)C(CCC)C(=O)OCCC(=O)CCC(=O)CCC(C)=O)OCCCCCCCC/C=C/CCCCCCCC. The van der Waals surface area contributed by atoms with E-state index in [4.69, 9.17) is 14.2 Å². The smallest absolute Gasteiger partial charge is 0.364 e. The largest absolute Gasteiger partial charge is 0.461 e. The summed E-state index contributed by atoms with van der Waals surface area (Å²) in [6, 6.07) is -0.388. The summed E-state index contributed by atoms with van der Waals surface area (Å²) in [5.74, 6) is -0.519. The van der Waals surface area contributed by atoms with Gasteiger partial charge < -0.3 is 23.5 Å². The van der Waals surface area contributed by atoms with Gasteiger partial charge in [-0.05, 0) is 77.6 Å². The zero-order chi connectivity index (χ0) is 47.2. The Morgan fingerprint density at radius 1 is 0.469 bits per heavy atom. The molecule has 0 aromatic rings. The molecule has 0 aliphatic heterocycles. The average Bonchev–Trinajstić information content (AvgIpc) is 3.27. The van der Waals surface area contributed by atoms with Gasteiger partial charge in [-0.15, -0.1) is 0 Å². The van der Waals surface area contributed by atoms with Crippen LogP contribution in [0.3, 0.4) is 0 Å². The highest BCUT2D eigenvalue weighted by atomic mass is 16.5. The first-order chi connectivity index (χ1) is 31.1. The number of carbonyl (C=O) groups excluding carboxylic acids is 4. The van der Waals surface area contributed by atoms with Crippen molar-refractivity contribution in [3.05, 3.63) is 24.3 Å². The van der Waals surface area contributed by atoms with E-state index in [-0.39, 0.29) is 74.2 Å². The second-order valence-corrected chi connectivity index (χ2v) is 19.4. The fourth-order valence-electron chi connectivity index (χ4n) is 8.30. The number of Topliss-reactive ketones (excluding diaryl/α,β-unsaturated/α-hetero) is 3. The number of allylic oxidation sites excluding steroid dienone is 4. The molecule has 0 fully saturated rings. The van der Waals surface area contributed by atoms with E-state index in [9.17, 15) is 19.2 Å². The first kappa shape index (κ1) is 61.8. The maximum Gasteiger partial charge on any atom is 0.364 e. The number of hydrogen-bond donors (Lipinski definition) is 0. The number of carbonyl (C=O) groups is 4. The number of nitrogens with zero attached hydrogens (tertiary/aromatic N) is 1. The van der Waals surface area contributed by atoms with Gasteiger partial charge in [-0.3, -0.25) is 9.59 Å². The van der Waals surface area contributed by atoms with Crippen molar-refractivity contribution in [1.29, 1.82) is 0 Å². The van der Waals surface area contributed by atoms with Crippen molar-refractivity contribution in [3.8, 4) is 0 Å². The van der Waals surface area contributed by atoms with Crippen LogP contribution in [0.4, 0.5) is 0 Å². The maximum atomic E-state index is 13.5. The van der Waals surface area contributed by atoms with Crippen LogP contribution in [-0.4, -0.2) is 87.0 Å². The van der Waals surface area contributed by atoms with Crippen LogP contribution >= 0.6 is 0 Å². The second-order valence-electron chi connectivity index (χ2n) is 19.4. The molecule has 0 heterocycles. The third kappa shape index (κ3) is 41.3. The minimum Gasteiger partial charge on any atom is -0.461 e. The number of unbranched alkanes of at least 4 members (excludes halogenated alkanes) is 24. The molecule has 8 heteroatoms. The molecule has 0 aromatic heterocycles. The summed E-state index contributed by atoms with van der Waals surface area (Å²) in [5, 5.41) is 0. The Morgan fingerprint density at radius 3 is 1.33 bits per heavy atom. The molecule has 8 nitrogen and oxygen atoms in total. The Bertz CT molecular complexity index is 1160. The van der Waals surface area contributed by atoms with Crippen LogP contribution in [0.2, 0.25) is 0 Å². The predicted molar refractivity (Wildman–Crippen MR) is 270 cm³/mol. The lowest BCUT2D eigenvalue weighted by Gasteiger charge is -2.38. The number of ketones is 3. The summed E-state index contributed by atoms with van der Waals surface area (Å²) < 4.78 is 18.9. The molecule has 0 aromatic carbocycles. The lowest BCUT2D eigenvalue weighted by atomic mass is 10.1. The molecule has 0 rings (SSSR count). The van der Waals surface area contributed by atoms with Crippen molar-refractivity contribution < 1.29 is 37.9 Å². The van der Waals surface area contributed by atoms with Crippen LogP contribution < -0.4 is 0 Å². The zero-order valence-corrected chi connectivity index (χ0v) is 43.1. The number of esters is 1. The highest BCUT2D eigenvalue weighted by Gasteiger charge is 2.38. The Balaban J connectivity index is 4.81. The summed E-state index contributed by atoms with van der Waals surface area (Å²) in [5.41, 5.74) is 0. The molecule has 0 radical (unpaired) electrons. The molecule has 0 N–H and O–H groups in total. The molecule has 0 bridgehead atoms. The molecular formula is C56H104NO7+. The Labute approximate surface area is 395 Å². The molecule has 2 unspecified atom stereocenters. The number of likely N-dealkylation sites (N-methyl/N-ethyl adjacent to an activating group) is 1. The van der Waals surface area contributed by atoms with E-state index in [0.717, 1.165) is 32.3 Å². The average molecular weight is 903 g/mol. The van der Waals surface area contributed by atoms with Gasteiger partial charge >= 0.3 is 5.97 Å². The van der Waals surface area contributed by atoms with Crippen molar-refractivity contribution in [2.75, 3.05) is 47.1 Å². The fourth-order valence-corrected chi connectivity index (χ4v) is 8.30. The molecule has 374 valence electrons. The number of rotatable bonds is 50. The molecule has 64 heavy (non-hydrogen) atoms. The minimum atomic E-state index is -0.388. The van der Waals surface area contributed by atoms with Crippen LogP contribution in [0.5, 0.6) is 0 Å². The fraction of sp³-hybridized carbons (Fsp3) is 0.857. The van der Waals surface area contributed by atoms with Gasteiger partial charge in [0, 0.05) is 51.7 Å². The van der Waals surface area contributed by atoms with E-state index in [1.165, 1.54) is 167 Å². The first-order valence-electron chi connectivity index (χ1n) is 27.1. The van der Waals surface area contributed by atoms with Gasteiger partial charge in [0.05, 0.1) is 27.3 Å². The van der Waals surface area contributed by atoms with Crippen LogP contribution in [0.1, 0.15) is 252 Å². The monoisotopic (exact) mass is 903 g/mol. The van der Waals surface area contributed by atoms with Gasteiger partial charge in [0.2, 0.25) is 0 Å². The topological polar surface area (TPSA) is 96.0 Å². The number of quaternary nitrogens is 1. The molecular weight excluding hydrogens is 799 g/mol. The van der Waals surface area contributed by atoms with E-state index in [1.807, 2.05) is 0 Å². The van der Waals surface area contributed by atoms with Gasteiger partial charge in [0.25, 0.3) is 0 Å². The molecule has 0 saturated heterocycles. The highest BCUT2D eigenvalue weighted by Crippen LogP contribution is 2.19. The standard InChI is InChI=1S/C56H104NO7/c1-7-10-12-14-16-18-20-22-24-26-28-30-32-34-36-38-46-62-50-54(63-47-39-37-35-33-31-29-27-25-23-21-19-17-15-13-11-8-2)49-57(5,6)55(40-9-3)56(61)64-48-45-53(60)44-43-52(59)42-41-51(4)58/h22-25,54-55H,7-21,26-50H2,1-6H3/q+1/b24-22+,25-23+. The molecule has 2 atom stereocenters. The maximum absolute atomic E-state index is 13.5. The third-order valence-corrected chi connectivity index (χ3v) is 12.5. The normalized spacial score (nSPS) is 13.0. The first-order valence-corrected chi connectivity index (χ1v) is 27.1. The van der Waals surface area contributed by atoms with Crippen molar-refractivity contribution in [2.24, 2.45) is 0 Å². The molecule has 0 aliphatic carbocycles. The van der Waals surface area contributed by atoms with Crippen molar-refractivity contribution in [3.63, 3.8) is 0 Å². The van der Waals surface area contributed by atoms with Crippen LogP contribution in [-0.2, 0) is 33.4 Å². The quantitative estimate of drug-likeness (QED) is 0.0260. The molecule has 0 amide bonds. The van der Waals surface area contributed by atoms with Gasteiger partial charge in [-0.2, -0.15) is 0 Å². The molecule has 0 spiro atoms. The van der Waals surface area contributed by atoms with Crippen LogP contribution in [0.25, 0.3) is 0 Å². The summed E-state index contributed by atoms with van der Waals surface area (Å²) >= 11 is 0. The van der Waals surface area contributed by atoms with Gasteiger partial charge in [0.15, 0.2) is 6.04 Å². The Kier molecular flexibility index (Phi) is 44.4. The van der Waals surface area contributed by atoms with E-state index < -0.39 is 0 Å². The summed E-state index contributed by atoms with van der Waals surface area (Å²) in [7, 11) is 4.15. The summed E-state index contributed by atoms with van der Waals surface area (Å²) in [6.45, 7) is 10.6. The third-order valence-electron chi connectivity index (χ3n) is 12.5. The van der Waals surface area contributed by atoms with E-state index in [1.54, 1.807) is 0 Å². The number of hydrogen-bond acceptors (Lipinski definition) is 7. The second kappa shape index (κ2) is 46.0. The van der Waals surface area contributed by atoms with Gasteiger partial charge in [-0.1, -0.05) is 161 Å². The predicted octanol–water partition coefficient (Wildman–Crippen LogP) is 14.9. The van der Waals surface area contributed by atoms with Crippen molar-refractivity contribution >= 4 is 23.3 Å². The lowest BCUT2D eigenvalue weighted by Crippen LogP contribution is -2.57. The Hall–Kier alpha value is -2.16. The molecule has 0 aliphatic rings. The van der Waals surface area contributed by atoms with Crippen molar-refractivity contribution in [2.45, 2.75) is 265 Å². The van der Waals surface area contributed by atoms with E-state index in [0.29, 0.717) is 30.7 Å². The number of ether oxygens (including phenoxy) is 3. The summed E-state index contributed by atoms with van der Waals surface area (Å²) in [4.78, 5) is 49.1. The minimum absolute atomic E-state index is 0.00880. The van der Waals surface area contributed by atoms with Crippen LogP contribution in [0.15, 0.2) is 24.3 Å². The zero-order valence-electron chi connectivity index (χ0n) is 43.1. The summed E-state index contributed by atoms with van der Waals surface area (Å²) in [6.07, 6.45) is 47.4. The Morgan fingerprint density at radius 2 is 0.875 bits per heavy atom. The van der Waals surface area contributed by atoms with Crippen LogP contribution in [0, 0.1) is 0 Å². The van der Waals surface area contributed by atoms with Gasteiger partial charge in [0.1, 0.15) is 30.0 Å².